The van der Waals surface area contributed by atoms with Crippen LogP contribution in [0, 0.1) is 5.92 Å². The van der Waals surface area contributed by atoms with Crippen LogP contribution in [0.3, 0.4) is 0 Å². The molecule has 1 saturated heterocycles. The van der Waals surface area contributed by atoms with E-state index in [1.165, 1.54) is 83.8 Å². The van der Waals surface area contributed by atoms with Crippen LogP contribution >= 0.6 is 0 Å². The first-order valence-electron chi connectivity index (χ1n) is 8.09. The van der Waals surface area contributed by atoms with E-state index in [-0.39, 0.29) is 0 Å². The second-order valence-electron chi connectivity index (χ2n) is 5.84. The molecular formula is C16H33N. The van der Waals surface area contributed by atoms with E-state index in [0.29, 0.717) is 0 Å². The van der Waals surface area contributed by atoms with Crippen LogP contribution in [-0.2, 0) is 0 Å². The van der Waals surface area contributed by atoms with E-state index in [1.54, 1.807) is 0 Å². The van der Waals surface area contributed by atoms with Gasteiger partial charge in [-0.2, -0.15) is 0 Å². The molecule has 1 aliphatic rings. The molecule has 1 heterocycles. The summed E-state index contributed by atoms with van der Waals surface area (Å²) < 4.78 is 0. The van der Waals surface area contributed by atoms with Crippen LogP contribution in [0.1, 0.15) is 78.1 Å². The van der Waals surface area contributed by atoms with Gasteiger partial charge in [0.1, 0.15) is 0 Å². The van der Waals surface area contributed by atoms with Crippen molar-refractivity contribution < 1.29 is 0 Å². The zero-order valence-electron chi connectivity index (χ0n) is 12.2. The number of likely N-dealkylation sites (tertiary alicyclic amines) is 1. The van der Waals surface area contributed by atoms with Crippen molar-refractivity contribution in [2.45, 2.75) is 78.1 Å². The molecular weight excluding hydrogens is 206 g/mol. The van der Waals surface area contributed by atoms with Gasteiger partial charge >= 0.3 is 0 Å². The number of nitrogens with zero attached hydrogens (tertiary/aromatic N) is 1. The van der Waals surface area contributed by atoms with E-state index in [4.69, 9.17) is 0 Å². The van der Waals surface area contributed by atoms with Crippen molar-refractivity contribution >= 4 is 0 Å². The van der Waals surface area contributed by atoms with Crippen molar-refractivity contribution in [2.75, 3.05) is 19.6 Å². The summed E-state index contributed by atoms with van der Waals surface area (Å²) in [5.41, 5.74) is 0. The van der Waals surface area contributed by atoms with E-state index in [9.17, 15) is 0 Å². The molecule has 0 aromatic heterocycles. The van der Waals surface area contributed by atoms with Crippen LogP contribution in [-0.4, -0.2) is 24.5 Å². The molecule has 0 N–H and O–H groups in total. The first-order valence-corrected chi connectivity index (χ1v) is 8.09. The molecule has 17 heavy (non-hydrogen) atoms. The fourth-order valence-electron chi connectivity index (χ4n) is 2.92. The molecule has 0 aromatic carbocycles. The molecule has 102 valence electrons. The van der Waals surface area contributed by atoms with Crippen LogP contribution in [0.2, 0.25) is 0 Å². The number of hydrogen-bond acceptors (Lipinski definition) is 1. The predicted octanol–water partition coefficient (Wildman–Crippen LogP) is 4.86. The second kappa shape index (κ2) is 9.94. The highest BCUT2D eigenvalue weighted by Crippen LogP contribution is 2.19. The summed E-state index contributed by atoms with van der Waals surface area (Å²) in [4.78, 5) is 2.69. The lowest BCUT2D eigenvalue weighted by Crippen LogP contribution is -2.21. The lowest BCUT2D eigenvalue weighted by molar-refractivity contribution is 0.313. The number of rotatable bonds is 10. The van der Waals surface area contributed by atoms with Crippen molar-refractivity contribution in [3.63, 3.8) is 0 Å². The monoisotopic (exact) mass is 239 g/mol. The highest BCUT2D eigenvalue weighted by Gasteiger charge is 2.19. The van der Waals surface area contributed by atoms with Crippen molar-refractivity contribution in [2.24, 2.45) is 5.92 Å². The van der Waals surface area contributed by atoms with Gasteiger partial charge in [0.15, 0.2) is 0 Å². The van der Waals surface area contributed by atoms with Gasteiger partial charge in [-0.1, -0.05) is 65.2 Å². The molecule has 0 aromatic rings. The Labute approximate surface area is 109 Å². The molecule has 1 fully saturated rings. The molecule has 0 spiro atoms. The fourth-order valence-corrected chi connectivity index (χ4v) is 2.92. The van der Waals surface area contributed by atoms with Crippen molar-refractivity contribution in [1.29, 1.82) is 0 Å². The van der Waals surface area contributed by atoms with Crippen LogP contribution in [0.25, 0.3) is 0 Å². The van der Waals surface area contributed by atoms with E-state index in [2.05, 4.69) is 18.7 Å². The van der Waals surface area contributed by atoms with E-state index in [0.717, 1.165) is 5.92 Å². The van der Waals surface area contributed by atoms with Crippen LogP contribution in [0.5, 0.6) is 0 Å². The Morgan fingerprint density at radius 1 is 0.882 bits per heavy atom. The summed E-state index contributed by atoms with van der Waals surface area (Å²) in [6.07, 6.45) is 14.4. The van der Waals surface area contributed by atoms with Crippen LogP contribution in [0.4, 0.5) is 0 Å². The Balaban J connectivity index is 1.81. The molecule has 1 nitrogen and oxygen atoms in total. The van der Waals surface area contributed by atoms with Gasteiger partial charge in [-0.05, 0) is 31.8 Å². The largest absolute Gasteiger partial charge is 0.303 e. The summed E-state index contributed by atoms with van der Waals surface area (Å²) in [7, 11) is 0. The van der Waals surface area contributed by atoms with E-state index < -0.39 is 0 Å². The highest BCUT2D eigenvalue weighted by atomic mass is 15.1. The smallest absolute Gasteiger partial charge is 0.00100 e. The van der Waals surface area contributed by atoms with Gasteiger partial charge in [-0.3, -0.25) is 0 Å². The molecule has 1 heteroatoms. The molecule has 0 aliphatic carbocycles. The van der Waals surface area contributed by atoms with E-state index >= 15 is 0 Å². The minimum Gasteiger partial charge on any atom is -0.303 e. The molecule has 1 atom stereocenters. The quantitative estimate of drug-likeness (QED) is 0.492. The Morgan fingerprint density at radius 2 is 1.53 bits per heavy atom. The van der Waals surface area contributed by atoms with Crippen LogP contribution < -0.4 is 0 Å². The minimum absolute atomic E-state index is 1.00. The summed E-state index contributed by atoms with van der Waals surface area (Å²) >= 11 is 0. The normalized spacial score (nSPS) is 21.2. The fraction of sp³-hybridized carbons (Fsp3) is 1.00. The van der Waals surface area contributed by atoms with Crippen molar-refractivity contribution in [3.8, 4) is 0 Å². The van der Waals surface area contributed by atoms with Gasteiger partial charge in [0.2, 0.25) is 0 Å². The van der Waals surface area contributed by atoms with Gasteiger partial charge in [-0.15, -0.1) is 0 Å². The SMILES string of the molecule is CCCCCCCCCCN1CC[C@H](CC)C1. The van der Waals surface area contributed by atoms with Crippen molar-refractivity contribution in [1.82, 2.24) is 4.90 Å². The van der Waals surface area contributed by atoms with Gasteiger partial charge in [0.25, 0.3) is 0 Å². The molecule has 0 saturated carbocycles. The maximum Gasteiger partial charge on any atom is 0.00100 e. The molecule has 1 rings (SSSR count). The predicted molar refractivity (Wildman–Crippen MR) is 77.4 cm³/mol. The minimum atomic E-state index is 1.00. The second-order valence-corrected chi connectivity index (χ2v) is 5.84. The van der Waals surface area contributed by atoms with Gasteiger partial charge in [0, 0.05) is 6.54 Å². The molecule has 0 radical (unpaired) electrons. The topological polar surface area (TPSA) is 3.24 Å². The molecule has 1 aliphatic heterocycles. The first-order chi connectivity index (χ1) is 8.36. The average molecular weight is 239 g/mol. The zero-order valence-corrected chi connectivity index (χ0v) is 12.2. The standard InChI is InChI=1S/C16H33N/c1-3-5-6-7-8-9-10-11-13-17-14-12-16(4-2)15-17/h16H,3-15H2,1-2H3/t16-/m0/s1. The Hall–Kier alpha value is -0.0400. The Bertz CT molecular complexity index is 167. The lowest BCUT2D eigenvalue weighted by Gasteiger charge is -2.15. The Kier molecular flexibility index (Phi) is 8.78. The van der Waals surface area contributed by atoms with E-state index in [1.807, 2.05) is 0 Å². The molecule has 0 bridgehead atoms. The first kappa shape index (κ1) is 15.0. The number of unbranched alkanes of at least 4 members (excludes halogenated alkanes) is 7. The maximum absolute atomic E-state index is 2.69. The average Bonchev–Trinajstić information content (AvgIpc) is 2.80. The van der Waals surface area contributed by atoms with Gasteiger partial charge < -0.3 is 4.90 Å². The molecule has 0 unspecified atom stereocenters. The molecule has 0 amide bonds. The summed E-state index contributed by atoms with van der Waals surface area (Å²) in [6, 6.07) is 0. The number of hydrogen-bond donors (Lipinski definition) is 0. The third kappa shape index (κ3) is 7.08. The highest BCUT2D eigenvalue weighted by molar-refractivity contribution is 4.74. The summed E-state index contributed by atoms with van der Waals surface area (Å²) in [6.45, 7) is 8.75. The van der Waals surface area contributed by atoms with Gasteiger partial charge in [-0.25, -0.2) is 0 Å². The third-order valence-electron chi connectivity index (χ3n) is 4.28. The van der Waals surface area contributed by atoms with Crippen LogP contribution in [0.15, 0.2) is 0 Å². The maximum atomic E-state index is 2.69. The zero-order chi connectivity index (χ0) is 12.3. The van der Waals surface area contributed by atoms with Crippen molar-refractivity contribution in [3.05, 3.63) is 0 Å². The van der Waals surface area contributed by atoms with Gasteiger partial charge in [0.05, 0.1) is 0 Å². The third-order valence-corrected chi connectivity index (χ3v) is 4.28. The summed E-state index contributed by atoms with van der Waals surface area (Å²) in [5.74, 6) is 1.00. The summed E-state index contributed by atoms with van der Waals surface area (Å²) in [5, 5.41) is 0. The lowest BCUT2D eigenvalue weighted by atomic mass is 10.1. The Morgan fingerprint density at radius 3 is 2.12 bits per heavy atom.